The summed E-state index contributed by atoms with van der Waals surface area (Å²) in [5.41, 5.74) is 2.37. The Hall–Kier alpha value is -2.41. The van der Waals surface area contributed by atoms with Gasteiger partial charge in [-0.05, 0) is 44.9 Å². The lowest BCUT2D eigenvalue weighted by Gasteiger charge is -2.09. The van der Waals surface area contributed by atoms with E-state index in [1.54, 1.807) is 13.0 Å². The normalized spacial score (nSPS) is 10.4. The first-order chi connectivity index (χ1) is 10.8. The maximum atomic E-state index is 12.0. The Bertz CT molecular complexity index is 748. The molecule has 1 aromatic carbocycles. The van der Waals surface area contributed by atoms with Crippen LogP contribution in [0.4, 0.5) is 5.13 Å². The van der Waals surface area contributed by atoms with Crippen LogP contribution in [0.25, 0.3) is 0 Å². The van der Waals surface area contributed by atoms with Crippen molar-refractivity contribution in [1.29, 1.82) is 0 Å². The molecule has 0 aliphatic rings. The smallest absolute Gasteiger partial charge is 0.342 e. The van der Waals surface area contributed by atoms with E-state index < -0.39 is 18.5 Å². The standard InChI is InChI=1S/C16H18N2O4S/c1-8-5-6-12(14(20)9(8)2)15(21)22-7-13(19)18-16-17-10(3)11(4)23-16/h5-6,20H,7H2,1-4H3,(H,17,18,19). The predicted molar refractivity (Wildman–Crippen MR) is 88.1 cm³/mol. The number of thiazole rings is 1. The van der Waals surface area contributed by atoms with Crippen molar-refractivity contribution < 1.29 is 19.4 Å². The van der Waals surface area contributed by atoms with Crippen LogP contribution in [0.2, 0.25) is 0 Å². The third kappa shape index (κ3) is 3.87. The zero-order chi connectivity index (χ0) is 17.1. The molecule has 1 aromatic heterocycles. The molecule has 0 fully saturated rings. The van der Waals surface area contributed by atoms with Crippen molar-refractivity contribution in [2.45, 2.75) is 27.7 Å². The average molecular weight is 334 g/mol. The van der Waals surface area contributed by atoms with E-state index in [0.717, 1.165) is 16.1 Å². The van der Waals surface area contributed by atoms with Crippen molar-refractivity contribution in [2.24, 2.45) is 0 Å². The Balaban J connectivity index is 1.96. The number of benzene rings is 1. The highest BCUT2D eigenvalue weighted by molar-refractivity contribution is 7.15. The molecule has 2 rings (SSSR count). The van der Waals surface area contributed by atoms with Gasteiger partial charge in [0.1, 0.15) is 11.3 Å². The minimum absolute atomic E-state index is 0.0434. The highest BCUT2D eigenvalue weighted by Crippen LogP contribution is 2.25. The molecule has 122 valence electrons. The fourth-order valence-electron chi connectivity index (χ4n) is 1.86. The van der Waals surface area contributed by atoms with Crippen LogP contribution >= 0.6 is 11.3 Å². The number of aryl methyl sites for hydroxylation is 3. The number of phenols is 1. The molecule has 0 spiro atoms. The van der Waals surface area contributed by atoms with Crippen molar-refractivity contribution in [1.82, 2.24) is 4.98 Å². The van der Waals surface area contributed by atoms with Crippen LogP contribution in [-0.2, 0) is 9.53 Å². The van der Waals surface area contributed by atoms with Gasteiger partial charge in [-0.25, -0.2) is 9.78 Å². The zero-order valence-corrected chi connectivity index (χ0v) is 14.2. The van der Waals surface area contributed by atoms with E-state index in [1.807, 2.05) is 20.8 Å². The van der Waals surface area contributed by atoms with Crippen LogP contribution in [0.1, 0.15) is 32.1 Å². The molecule has 0 radical (unpaired) electrons. The van der Waals surface area contributed by atoms with Crippen LogP contribution in [-0.4, -0.2) is 28.6 Å². The van der Waals surface area contributed by atoms with Crippen LogP contribution < -0.4 is 5.32 Å². The third-order valence-electron chi connectivity index (χ3n) is 3.53. The maximum absolute atomic E-state index is 12.0. The summed E-state index contributed by atoms with van der Waals surface area (Å²) >= 11 is 1.36. The van der Waals surface area contributed by atoms with Gasteiger partial charge in [0, 0.05) is 4.88 Å². The van der Waals surface area contributed by atoms with E-state index in [0.29, 0.717) is 10.7 Å². The Kier molecular flexibility index (Phi) is 5.00. The van der Waals surface area contributed by atoms with Crippen LogP contribution in [0, 0.1) is 27.7 Å². The van der Waals surface area contributed by atoms with Crippen molar-refractivity contribution in [3.05, 3.63) is 39.4 Å². The molecular formula is C16H18N2O4S. The monoisotopic (exact) mass is 334 g/mol. The van der Waals surface area contributed by atoms with Crippen molar-refractivity contribution in [3.63, 3.8) is 0 Å². The van der Waals surface area contributed by atoms with Gasteiger partial charge >= 0.3 is 5.97 Å². The third-order valence-corrected chi connectivity index (χ3v) is 4.52. The topological polar surface area (TPSA) is 88.5 Å². The molecule has 0 saturated heterocycles. The van der Waals surface area contributed by atoms with Crippen molar-refractivity contribution in [3.8, 4) is 5.75 Å². The van der Waals surface area contributed by atoms with Crippen molar-refractivity contribution in [2.75, 3.05) is 11.9 Å². The number of esters is 1. The number of rotatable bonds is 4. The van der Waals surface area contributed by atoms with Gasteiger partial charge in [0.15, 0.2) is 11.7 Å². The number of nitrogens with zero attached hydrogens (tertiary/aromatic N) is 1. The molecule has 0 aliphatic carbocycles. The number of nitrogens with one attached hydrogen (secondary N) is 1. The van der Waals surface area contributed by atoms with Crippen LogP contribution in [0.5, 0.6) is 5.75 Å². The molecular weight excluding hydrogens is 316 g/mol. The zero-order valence-electron chi connectivity index (χ0n) is 13.4. The Morgan fingerprint density at radius 1 is 1.26 bits per heavy atom. The maximum Gasteiger partial charge on any atom is 0.342 e. The Morgan fingerprint density at radius 2 is 1.96 bits per heavy atom. The summed E-state index contributed by atoms with van der Waals surface area (Å²) in [4.78, 5) is 28.9. The molecule has 2 aromatic rings. The molecule has 6 nitrogen and oxygen atoms in total. The Morgan fingerprint density at radius 3 is 2.57 bits per heavy atom. The summed E-state index contributed by atoms with van der Waals surface area (Å²) in [6, 6.07) is 3.19. The van der Waals surface area contributed by atoms with Gasteiger partial charge in [0.05, 0.1) is 5.69 Å². The highest BCUT2D eigenvalue weighted by atomic mass is 32.1. The first-order valence-corrected chi connectivity index (χ1v) is 7.81. The molecule has 0 atom stereocenters. The number of hydrogen-bond donors (Lipinski definition) is 2. The molecule has 7 heteroatoms. The lowest BCUT2D eigenvalue weighted by Crippen LogP contribution is -2.21. The number of ether oxygens (including phenoxy) is 1. The number of carbonyl (C=O) groups is 2. The molecule has 0 saturated carbocycles. The molecule has 0 unspecified atom stereocenters. The van der Waals surface area contributed by atoms with E-state index in [-0.39, 0.29) is 11.3 Å². The Labute approximate surface area is 138 Å². The van der Waals surface area contributed by atoms with Gasteiger partial charge in [-0.3, -0.25) is 10.1 Å². The summed E-state index contributed by atoms with van der Waals surface area (Å²) < 4.78 is 4.94. The van der Waals surface area contributed by atoms with E-state index >= 15 is 0 Å². The minimum atomic E-state index is -0.743. The second-order valence-corrected chi connectivity index (χ2v) is 6.39. The second kappa shape index (κ2) is 6.78. The van der Waals surface area contributed by atoms with Gasteiger partial charge in [-0.15, -0.1) is 11.3 Å². The van der Waals surface area contributed by atoms with Crippen LogP contribution in [0.15, 0.2) is 12.1 Å². The summed E-state index contributed by atoms with van der Waals surface area (Å²) in [5.74, 6) is -1.34. The lowest BCUT2D eigenvalue weighted by molar-refractivity contribution is -0.119. The van der Waals surface area contributed by atoms with E-state index in [1.165, 1.54) is 17.4 Å². The number of amides is 1. The summed E-state index contributed by atoms with van der Waals surface area (Å²) in [6.45, 7) is 6.86. The lowest BCUT2D eigenvalue weighted by atomic mass is 10.0. The molecule has 0 aliphatic heterocycles. The van der Waals surface area contributed by atoms with Gasteiger partial charge < -0.3 is 9.84 Å². The summed E-state index contributed by atoms with van der Waals surface area (Å²) in [5, 5.41) is 13.0. The fourth-order valence-corrected chi connectivity index (χ4v) is 2.69. The van der Waals surface area contributed by atoms with E-state index in [2.05, 4.69) is 10.3 Å². The molecule has 2 N–H and O–H groups in total. The fraction of sp³-hybridized carbons (Fsp3) is 0.312. The number of carbonyl (C=O) groups excluding carboxylic acids is 2. The minimum Gasteiger partial charge on any atom is -0.507 e. The number of aromatic nitrogens is 1. The van der Waals surface area contributed by atoms with E-state index in [9.17, 15) is 14.7 Å². The van der Waals surface area contributed by atoms with Gasteiger partial charge in [0.25, 0.3) is 5.91 Å². The predicted octanol–water partition coefficient (Wildman–Crippen LogP) is 2.88. The van der Waals surface area contributed by atoms with Gasteiger partial charge in [-0.1, -0.05) is 6.07 Å². The molecule has 1 amide bonds. The van der Waals surface area contributed by atoms with Crippen molar-refractivity contribution >= 4 is 28.3 Å². The number of anilines is 1. The van der Waals surface area contributed by atoms with Crippen LogP contribution in [0.3, 0.4) is 0 Å². The van der Waals surface area contributed by atoms with E-state index in [4.69, 9.17) is 4.74 Å². The number of hydrogen-bond acceptors (Lipinski definition) is 6. The van der Waals surface area contributed by atoms with Gasteiger partial charge in [0.2, 0.25) is 0 Å². The highest BCUT2D eigenvalue weighted by Gasteiger charge is 2.17. The SMILES string of the molecule is Cc1ccc(C(=O)OCC(=O)Nc2nc(C)c(C)s2)c(O)c1C. The summed E-state index contributed by atoms with van der Waals surface area (Å²) in [6.07, 6.45) is 0. The molecule has 1 heterocycles. The second-order valence-electron chi connectivity index (χ2n) is 5.19. The summed E-state index contributed by atoms with van der Waals surface area (Å²) in [7, 11) is 0. The number of phenolic OH excluding ortho intramolecular Hbond substituents is 1. The largest absolute Gasteiger partial charge is 0.507 e. The average Bonchev–Trinajstić information content (AvgIpc) is 2.80. The first-order valence-electron chi connectivity index (χ1n) is 6.99. The molecule has 0 bridgehead atoms. The molecule has 23 heavy (non-hydrogen) atoms. The quantitative estimate of drug-likeness (QED) is 0.839. The first kappa shape index (κ1) is 17.0. The van der Waals surface area contributed by atoms with Gasteiger partial charge in [-0.2, -0.15) is 0 Å². The number of aromatic hydroxyl groups is 1.